The van der Waals surface area contributed by atoms with Gasteiger partial charge in [-0.15, -0.1) is 5.10 Å². The lowest BCUT2D eigenvalue weighted by Crippen LogP contribution is -2.25. The molecule has 0 aliphatic carbocycles. The van der Waals surface area contributed by atoms with E-state index in [4.69, 9.17) is 0 Å². The first-order valence-electron chi connectivity index (χ1n) is 8.85. The number of rotatable bonds is 5. The van der Waals surface area contributed by atoms with Gasteiger partial charge in [0.2, 0.25) is 0 Å². The van der Waals surface area contributed by atoms with Gasteiger partial charge in [-0.2, -0.15) is 31.2 Å². The molecular formula is C20H14F3N5O2S. The van der Waals surface area contributed by atoms with E-state index >= 15 is 0 Å². The Morgan fingerprint density at radius 1 is 0.839 bits per heavy atom. The van der Waals surface area contributed by atoms with Gasteiger partial charge in [0, 0.05) is 23.5 Å². The Bertz CT molecular complexity index is 1290. The smallest absolute Gasteiger partial charge is 0.244 e. The van der Waals surface area contributed by atoms with Crippen LogP contribution in [0.25, 0.3) is 22.4 Å². The minimum Gasteiger partial charge on any atom is -0.244 e. The molecule has 4 aromatic rings. The Labute approximate surface area is 175 Å². The maximum atomic E-state index is 13.3. The van der Waals surface area contributed by atoms with Crippen molar-refractivity contribution >= 4 is 10.0 Å². The first-order chi connectivity index (χ1) is 14.7. The van der Waals surface area contributed by atoms with E-state index in [0.717, 1.165) is 17.2 Å². The molecule has 4 rings (SSSR count). The zero-order valence-corrected chi connectivity index (χ0v) is 16.5. The zero-order chi connectivity index (χ0) is 22.1. The second kappa shape index (κ2) is 7.84. The summed E-state index contributed by atoms with van der Waals surface area (Å²) in [5.41, 5.74) is 0.514. The molecule has 0 atom stereocenters. The highest BCUT2D eigenvalue weighted by Gasteiger charge is 2.35. The summed E-state index contributed by atoms with van der Waals surface area (Å²) in [5.74, 6) is 0. The molecule has 0 bridgehead atoms. The summed E-state index contributed by atoms with van der Waals surface area (Å²) >= 11 is 0. The molecule has 0 spiro atoms. The van der Waals surface area contributed by atoms with Gasteiger partial charge in [-0.3, -0.25) is 0 Å². The van der Waals surface area contributed by atoms with Crippen LogP contribution in [0.1, 0.15) is 5.69 Å². The number of aromatic nitrogens is 4. The van der Waals surface area contributed by atoms with Gasteiger partial charge in [-0.25, -0.2) is 9.97 Å². The van der Waals surface area contributed by atoms with Crippen LogP contribution >= 0.6 is 0 Å². The predicted octanol–water partition coefficient (Wildman–Crippen LogP) is 3.96. The molecule has 1 N–H and O–H groups in total. The number of nitrogens with one attached hydrogen (secondary N) is 1. The summed E-state index contributed by atoms with van der Waals surface area (Å²) in [7, 11) is -4.16. The van der Waals surface area contributed by atoms with Crippen molar-refractivity contribution in [1.82, 2.24) is 19.9 Å². The first-order valence-corrected chi connectivity index (χ1v) is 10.3. The second-order valence-corrected chi connectivity index (χ2v) is 8.10. The van der Waals surface area contributed by atoms with Crippen LogP contribution in [0, 0.1) is 0 Å². The van der Waals surface area contributed by atoms with Crippen molar-refractivity contribution in [2.24, 2.45) is 0 Å². The Morgan fingerprint density at radius 3 is 2.06 bits per heavy atom. The van der Waals surface area contributed by atoms with Gasteiger partial charge >= 0.3 is 6.18 Å². The predicted molar refractivity (Wildman–Crippen MR) is 107 cm³/mol. The van der Waals surface area contributed by atoms with Gasteiger partial charge in [0.1, 0.15) is 6.33 Å². The van der Waals surface area contributed by atoms with Crippen molar-refractivity contribution in [2.45, 2.75) is 11.1 Å². The molecule has 11 heteroatoms. The number of hydrogen-bond donors (Lipinski definition) is 1. The lowest BCUT2D eigenvalue weighted by Gasteiger charge is -2.11. The van der Waals surface area contributed by atoms with E-state index in [1.165, 1.54) is 30.6 Å². The maximum Gasteiger partial charge on any atom is 0.435 e. The molecule has 2 heterocycles. The van der Waals surface area contributed by atoms with Crippen molar-refractivity contribution in [3.8, 4) is 22.4 Å². The van der Waals surface area contributed by atoms with Gasteiger partial charge in [0.05, 0.1) is 10.6 Å². The molecule has 7 nitrogen and oxygen atoms in total. The van der Waals surface area contributed by atoms with Crippen LogP contribution < -0.4 is 4.83 Å². The molecule has 0 radical (unpaired) electrons. The van der Waals surface area contributed by atoms with Crippen molar-refractivity contribution in [2.75, 3.05) is 4.83 Å². The van der Waals surface area contributed by atoms with Crippen LogP contribution in [0.15, 0.2) is 84.3 Å². The van der Waals surface area contributed by atoms with Crippen LogP contribution in [0.3, 0.4) is 0 Å². The van der Waals surface area contributed by atoms with Gasteiger partial charge in [0.25, 0.3) is 10.0 Å². The standard InChI is InChI=1S/C20H14F3N5O2S/c21-20(22,23)19-10-18(15-8-6-14(7-9-15)16-11-24-13-25-12-16)28(26-19)27-31(29,30)17-4-2-1-3-5-17/h1-13,27H. The summed E-state index contributed by atoms with van der Waals surface area (Å²) in [6.45, 7) is 0. The molecular weight excluding hydrogens is 431 g/mol. The highest BCUT2D eigenvalue weighted by Crippen LogP contribution is 2.32. The number of nitrogens with zero attached hydrogens (tertiary/aromatic N) is 4. The number of sulfonamides is 1. The van der Waals surface area contributed by atoms with E-state index in [-0.39, 0.29) is 10.6 Å². The normalized spacial score (nSPS) is 12.0. The summed E-state index contributed by atoms with van der Waals surface area (Å²) in [5, 5.41) is 3.43. The SMILES string of the molecule is O=S(=O)(Nn1nc(C(F)(F)F)cc1-c1ccc(-c2cncnc2)cc1)c1ccccc1. The van der Waals surface area contributed by atoms with Crippen LogP contribution in [0.5, 0.6) is 0 Å². The Kier molecular flexibility index (Phi) is 5.19. The molecule has 0 aliphatic heterocycles. The Morgan fingerprint density at radius 2 is 1.45 bits per heavy atom. The monoisotopic (exact) mass is 445 g/mol. The van der Waals surface area contributed by atoms with Crippen molar-refractivity contribution < 1.29 is 21.6 Å². The minimum absolute atomic E-state index is 0.0670. The Hall–Kier alpha value is -3.73. The Balaban J connectivity index is 1.74. The topological polar surface area (TPSA) is 89.8 Å². The third kappa shape index (κ3) is 4.40. The van der Waals surface area contributed by atoms with Crippen molar-refractivity contribution in [1.29, 1.82) is 0 Å². The van der Waals surface area contributed by atoms with E-state index in [1.807, 2.05) is 0 Å². The van der Waals surface area contributed by atoms with E-state index in [1.54, 1.807) is 42.7 Å². The highest BCUT2D eigenvalue weighted by molar-refractivity contribution is 7.92. The molecule has 0 aliphatic rings. The zero-order valence-electron chi connectivity index (χ0n) is 15.7. The summed E-state index contributed by atoms with van der Waals surface area (Å²) in [6.07, 6.45) is -0.169. The fourth-order valence-electron chi connectivity index (χ4n) is 2.84. The lowest BCUT2D eigenvalue weighted by atomic mass is 10.1. The van der Waals surface area contributed by atoms with E-state index < -0.39 is 21.9 Å². The van der Waals surface area contributed by atoms with Crippen LogP contribution in [0.2, 0.25) is 0 Å². The number of halogens is 3. The van der Waals surface area contributed by atoms with Crippen LogP contribution in [-0.4, -0.2) is 28.3 Å². The van der Waals surface area contributed by atoms with Gasteiger partial charge in [-0.1, -0.05) is 42.5 Å². The molecule has 0 saturated carbocycles. The average molecular weight is 445 g/mol. The van der Waals surface area contributed by atoms with E-state index in [2.05, 4.69) is 19.9 Å². The third-order valence-corrected chi connectivity index (χ3v) is 5.64. The second-order valence-electron chi connectivity index (χ2n) is 6.44. The minimum atomic E-state index is -4.75. The molecule has 158 valence electrons. The van der Waals surface area contributed by atoms with Crippen molar-refractivity contribution in [3.63, 3.8) is 0 Å². The van der Waals surface area contributed by atoms with Crippen LogP contribution in [-0.2, 0) is 16.2 Å². The first kappa shape index (κ1) is 20.5. The molecule has 2 aromatic carbocycles. The quantitative estimate of drug-likeness (QED) is 0.502. The lowest BCUT2D eigenvalue weighted by molar-refractivity contribution is -0.141. The molecule has 0 saturated heterocycles. The highest BCUT2D eigenvalue weighted by atomic mass is 32.2. The van der Waals surface area contributed by atoms with Gasteiger partial charge in [0.15, 0.2) is 5.69 Å². The fourth-order valence-corrected chi connectivity index (χ4v) is 3.83. The fraction of sp³-hybridized carbons (Fsp3) is 0.0500. The number of benzene rings is 2. The molecule has 0 amide bonds. The summed E-state index contributed by atoms with van der Waals surface area (Å²) in [6, 6.07) is 14.5. The molecule has 0 unspecified atom stereocenters. The molecule has 0 fully saturated rings. The number of alkyl halides is 3. The van der Waals surface area contributed by atoms with Crippen molar-refractivity contribution in [3.05, 3.63) is 85.1 Å². The molecule has 2 aromatic heterocycles. The van der Waals surface area contributed by atoms with E-state index in [0.29, 0.717) is 10.4 Å². The largest absolute Gasteiger partial charge is 0.435 e. The maximum absolute atomic E-state index is 13.3. The average Bonchev–Trinajstić information content (AvgIpc) is 3.19. The molecule has 31 heavy (non-hydrogen) atoms. The summed E-state index contributed by atoms with van der Waals surface area (Å²) < 4.78 is 65.0. The van der Waals surface area contributed by atoms with Gasteiger partial charge < -0.3 is 0 Å². The third-order valence-electron chi connectivity index (χ3n) is 4.33. The van der Waals surface area contributed by atoms with E-state index in [9.17, 15) is 21.6 Å². The van der Waals surface area contributed by atoms with Gasteiger partial charge in [-0.05, 0) is 23.8 Å². The summed E-state index contributed by atoms with van der Waals surface area (Å²) in [4.78, 5) is 10.5. The number of hydrogen-bond acceptors (Lipinski definition) is 5. The van der Waals surface area contributed by atoms with Crippen LogP contribution in [0.4, 0.5) is 13.2 Å².